The lowest BCUT2D eigenvalue weighted by atomic mass is 10.1. The van der Waals surface area contributed by atoms with Gasteiger partial charge in [0.25, 0.3) is 5.56 Å². The van der Waals surface area contributed by atoms with Crippen molar-refractivity contribution in [3.05, 3.63) is 85.1 Å². The van der Waals surface area contributed by atoms with Crippen LogP contribution in [-0.4, -0.2) is 31.3 Å². The summed E-state index contributed by atoms with van der Waals surface area (Å²) in [6.07, 6.45) is 6.12. The van der Waals surface area contributed by atoms with E-state index in [0.717, 1.165) is 11.8 Å². The summed E-state index contributed by atoms with van der Waals surface area (Å²) in [4.78, 5) is 25.7. The topological polar surface area (TPSA) is 110 Å². The molecule has 0 unspecified atom stereocenters. The van der Waals surface area contributed by atoms with Gasteiger partial charge in [0.1, 0.15) is 5.75 Å². The Hall–Kier alpha value is -3.11. The summed E-state index contributed by atoms with van der Waals surface area (Å²) in [5, 5.41) is 0. The third kappa shape index (κ3) is 5.28. The Bertz CT molecular complexity index is 1330. The van der Waals surface area contributed by atoms with Gasteiger partial charge in [-0.25, -0.2) is 13.2 Å². The van der Waals surface area contributed by atoms with Crippen molar-refractivity contribution in [2.45, 2.75) is 0 Å². The summed E-state index contributed by atoms with van der Waals surface area (Å²) in [5.41, 5.74) is 1.50. The molecule has 0 radical (unpaired) electrons. The summed E-state index contributed by atoms with van der Waals surface area (Å²) in [5.74, 6) is 0.572. The fourth-order valence-corrected chi connectivity index (χ4v) is 3.95. The standard InChI is InChI=1S/C20H18BrN3O5S/c1-29-19-14(6-3-13-4-7-15(8-5-13)23-30(2,27)28)11-16(12-17(19)21)24-10-9-18(25)22-20(24)26/h3-12,23H,1-2H3,(H,22,25,26)/b6-3+. The van der Waals surface area contributed by atoms with Crippen molar-refractivity contribution in [1.29, 1.82) is 0 Å². The SMILES string of the molecule is COc1c(Br)cc(-n2ccc(=O)[nH]c2=O)cc1/C=C/c1ccc(NS(C)(=O)=O)cc1. The fourth-order valence-electron chi connectivity index (χ4n) is 2.76. The lowest BCUT2D eigenvalue weighted by molar-refractivity contribution is 0.411. The maximum atomic E-state index is 12.1. The highest BCUT2D eigenvalue weighted by molar-refractivity contribution is 9.10. The van der Waals surface area contributed by atoms with Crippen LogP contribution >= 0.6 is 15.9 Å². The van der Waals surface area contributed by atoms with Crippen LogP contribution in [0.5, 0.6) is 5.75 Å². The Balaban J connectivity index is 1.97. The molecule has 0 bridgehead atoms. The minimum Gasteiger partial charge on any atom is -0.495 e. The van der Waals surface area contributed by atoms with Crippen LogP contribution in [0.3, 0.4) is 0 Å². The number of sulfonamides is 1. The third-order valence-electron chi connectivity index (χ3n) is 4.03. The van der Waals surface area contributed by atoms with E-state index >= 15 is 0 Å². The first kappa shape index (κ1) is 21.6. The molecule has 0 saturated heterocycles. The Kier molecular flexibility index (Phi) is 6.28. The number of anilines is 1. The lowest BCUT2D eigenvalue weighted by Gasteiger charge is -2.12. The van der Waals surface area contributed by atoms with Gasteiger partial charge in [-0.2, -0.15) is 0 Å². The summed E-state index contributed by atoms with van der Waals surface area (Å²) < 4.78 is 32.4. The molecule has 0 aliphatic heterocycles. The van der Waals surface area contributed by atoms with E-state index in [1.807, 2.05) is 12.2 Å². The molecule has 0 aliphatic carbocycles. The monoisotopic (exact) mass is 491 g/mol. The zero-order valence-corrected chi connectivity index (χ0v) is 18.5. The normalized spacial score (nSPS) is 11.6. The molecule has 1 heterocycles. The zero-order valence-electron chi connectivity index (χ0n) is 16.0. The number of hydrogen-bond donors (Lipinski definition) is 2. The number of rotatable bonds is 6. The number of aromatic amines is 1. The number of aromatic nitrogens is 2. The summed E-state index contributed by atoms with van der Waals surface area (Å²) >= 11 is 3.45. The average molecular weight is 492 g/mol. The number of nitrogens with zero attached hydrogens (tertiary/aromatic N) is 1. The van der Waals surface area contributed by atoms with E-state index in [2.05, 4.69) is 25.6 Å². The van der Waals surface area contributed by atoms with Crippen LogP contribution in [0.2, 0.25) is 0 Å². The molecule has 0 fully saturated rings. The van der Waals surface area contributed by atoms with Crippen LogP contribution in [0.25, 0.3) is 17.8 Å². The van der Waals surface area contributed by atoms with Crippen LogP contribution in [0, 0.1) is 0 Å². The second kappa shape index (κ2) is 8.72. The van der Waals surface area contributed by atoms with Gasteiger partial charge in [-0.1, -0.05) is 24.3 Å². The number of ether oxygens (including phenoxy) is 1. The molecule has 0 atom stereocenters. The Labute approximate surface area is 181 Å². The Morgan fingerprint density at radius 3 is 2.40 bits per heavy atom. The van der Waals surface area contributed by atoms with Crippen molar-refractivity contribution in [3.8, 4) is 11.4 Å². The van der Waals surface area contributed by atoms with Crippen molar-refractivity contribution >= 4 is 43.8 Å². The van der Waals surface area contributed by atoms with E-state index < -0.39 is 21.3 Å². The van der Waals surface area contributed by atoms with Gasteiger partial charge in [0.05, 0.1) is 23.5 Å². The lowest BCUT2D eigenvalue weighted by Crippen LogP contribution is -2.27. The first-order valence-corrected chi connectivity index (χ1v) is 11.3. The number of benzene rings is 2. The summed E-state index contributed by atoms with van der Waals surface area (Å²) in [6.45, 7) is 0. The van der Waals surface area contributed by atoms with Crippen LogP contribution in [0.4, 0.5) is 5.69 Å². The maximum Gasteiger partial charge on any atom is 0.332 e. The fraction of sp³-hybridized carbons (Fsp3) is 0.100. The number of hydrogen-bond acceptors (Lipinski definition) is 5. The van der Waals surface area contributed by atoms with E-state index in [1.54, 1.807) is 36.4 Å². The Morgan fingerprint density at radius 1 is 1.10 bits per heavy atom. The molecular weight excluding hydrogens is 474 g/mol. The smallest absolute Gasteiger partial charge is 0.332 e. The molecule has 30 heavy (non-hydrogen) atoms. The van der Waals surface area contributed by atoms with E-state index in [-0.39, 0.29) is 0 Å². The number of halogens is 1. The van der Waals surface area contributed by atoms with Gasteiger partial charge in [-0.15, -0.1) is 0 Å². The molecule has 156 valence electrons. The van der Waals surface area contributed by atoms with Gasteiger partial charge in [0.15, 0.2) is 0 Å². The highest BCUT2D eigenvalue weighted by Crippen LogP contribution is 2.33. The summed E-state index contributed by atoms with van der Waals surface area (Å²) in [6, 6.07) is 11.6. The maximum absolute atomic E-state index is 12.1. The van der Waals surface area contributed by atoms with Crippen molar-refractivity contribution in [2.24, 2.45) is 0 Å². The molecule has 3 rings (SSSR count). The van der Waals surface area contributed by atoms with Crippen molar-refractivity contribution < 1.29 is 13.2 Å². The average Bonchev–Trinajstić information content (AvgIpc) is 2.66. The minimum atomic E-state index is -3.34. The van der Waals surface area contributed by atoms with Gasteiger partial charge >= 0.3 is 5.69 Å². The van der Waals surface area contributed by atoms with Crippen LogP contribution in [0.15, 0.2) is 62.7 Å². The van der Waals surface area contributed by atoms with Gasteiger partial charge in [-0.3, -0.25) is 19.1 Å². The van der Waals surface area contributed by atoms with Crippen molar-refractivity contribution in [3.63, 3.8) is 0 Å². The second-order valence-corrected chi connectivity index (χ2v) is 8.96. The van der Waals surface area contributed by atoms with Crippen LogP contribution in [-0.2, 0) is 10.0 Å². The van der Waals surface area contributed by atoms with Crippen molar-refractivity contribution in [2.75, 3.05) is 18.1 Å². The predicted octanol–water partition coefficient (Wildman–Crippen LogP) is 2.84. The van der Waals surface area contributed by atoms with E-state index in [9.17, 15) is 18.0 Å². The first-order chi connectivity index (χ1) is 14.2. The highest BCUT2D eigenvalue weighted by Gasteiger charge is 2.10. The molecule has 0 amide bonds. The van der Waals surface area contributed by atoms with Gasteiger partial charge in [0, 0.05) is 23.5 Å². The van der Waals surface area contributed by atoms with E-state index in [1.165, 1.54) is 23.9 Å². The second-order valence-electron chi connectivity index (χ2n) is 6.36. The van der Waals surface area contributed by atoms with Crippen LogP contribution < -0.4 is 20.7 Å². The van der Waals surface area contributed by atoms with E-state index in [4.69, 9.17) is 4.74 Å². The Morgan fingerprint density at radius 2 is 1.80 bits per heavy atom. The number of H-pyrrole nitrogens is 1. The molecular formula is C20H18BrN3O5S. The summed E-state index contributed by atoms with van der Waals surface area (Å²) in [7, 11) is -1.80. The van der Waals surface area contributed by atoms with Gasteiger partial charge in [0.2, 0.25) is 10.0 Å². The highest BCUT2D eigenvalue weighted by atomic mass is 79.9. The largest absolute Gasteiger partial charge is 0.495 e. The molecule has 2 N–H and O–H groups in total. The van der Waals surface area contributed by atoms with Gasteiger partial charge in [-0.05, 0) is 45.8 Å². The molecule has 0 aliphatic rings. The third-order valence-corrected chi connectivity index (χ3v) is 5.23. The van der Waals surface area contributed by atoms with Gasteiger partial charge < -0.3 is 4.74 Å². The zero-order chi connectivity index (χ0) is 21.9. The molecule has 8 nitrogen and oxygen atoms in total. The molecule has 3 aromatic rings. The molecule has 1 aromatic heterocycles. The van der Waals surface area contributed by atoms with E-state index in [0.29, 0.717) is 27.2 Å². The molecule has 0 spiro atoms. The number of nitrogens with one attached hydrogen (secondary N) is 2. The quantitative estimate of drug-likeness (QED) is 0.515. The van der Waals surface area contributed by atoms with Crippen molar-refractivity contribution in [1.82, 2.24) is 9.55 Å². The predicted molar refractivity (Wildman–Crippen MR) is 121 cm³/mol. The minimum absolute atomic E-state index is 0.467. The molecule has 2 aromatic carbocycles. The number of methoxy groups -OCH3 is 1. The molecule has 10 heteroatoms. The first-order valence-electron chi connectivity index (χ1n) is 8.62. The molecule has 0 saturated carbocycles. The van der Waals surface area contributed by atoms with Crippen LogP contribution in [0.1, 0.15) is 11.1 Å².